The molecule has 3 aliphatic rings. The number of likely N-dealkylation sites (tertiary alicyclic amines) is 1. The fourth-order valence-corrected chi connectivity index (χ4v) is 4.40. The summed E-state index contributed by atoms with van der Waals surface area (Å²) in [5.74, 6) is 2.00. The highest BCUT2D eigenvalue weighted by Crippen LogP contribution is 2.51. The fraction of sp³-hybridized carbons (Fsp3) is 0.632. The lowest BCUT2D eigenvalue weighted by molar-refractivity contribution is -0.0787. The zero-order valence-corrected chi connectivity index (χ0v) is 14.0. The van der Waals surface area contributed by atoms with E-state index in [-0.39, 0.29) is 5.91 Å². The topological polar surface area (TPSA) is 61.8 Å². The van der Waals surface area contributed by atoms with Crippen LogP contribution in [0.3, 0.4) is 0 Å². The average molecular weight is 330 g/mol. The number of carbonyl (C=O) groups excluding carboxylic acids is 1. The molecule has 1 aliphatic carbocycles. The second-order valence-corrected chi connectivity index (χ2v) is 7.60. The number of aliphatic hydroxyl groups is 1. The lowest BCUT2D eigenvalue weighted by atomic mass is 9.93. The molecule has 2 unspecified atom stereocenters. The molecule has 3 fully saturated rings. The van der Waals surface area contributed by atoms with E-state index in [0.717, 1.165) is 44.6 Å². The third-order valence-electron chi connectivity index (χ3n) is 5.92. The van der Waals surface area contributed by atoms with Crippen LogP contribution in [0.2, 0.25) is 0 Å². The molecular formula is C19H26N2O3. The second-order valence-electron chi connectivity index (χ2n) is 7.60. The van der Waals surface area contributed by atoms with Crippen molar-refractivity contribution in [1.29, 1.82) is 0 Å². The first-order valence-corrected chi connectivity index (χ1v) is 9.00. The maximum atomic E-state index is 12.1. The van der Waals surface area contributed by atoms with E-state index in [4.69, 9.17) is 4.74 Å². The number of ether oxygens (including phenoxy) is 1. The summed E-state index contributed by atoms with van der Waals surface area (Å²) in [6.45, 7) is 5.00. The largest absolute Gasteiger partial charge is 0.388 e. The van der Waals surface area contributed by atoms with Gasteiger partial charge in [0.05, 0.1) is 5.60 Å². The van der Waals surface area contributed by atoms with Crippen molar-refractivity contribution in [2.45, 2.75) is 18.4 Å². The Balaban J connectivity index is 1.21. The second kappa shape index (κ2) is 6.47. The molecule has 2 atom stereocenters. The maximum Gasteiger partial charge on any atom is 0.251 e. The van der Waals surface area contributed by atoms with E-state index in [0.29, 0.717) is 31.0 Å². The van der Waals surface area contributed by atoms with E-state index in [2.05, 4.69) is 10.2 Å². The van der Waals surface area contributed by atoms with Crippen LogP contribution >= 0.6 is 0 Å². The molecule has 5 nitrogen and oxygen atoms in total. The minimum atomic E-state index is -0.563. The summed E-state index contributed by atoms with van der Waals surface area (Å²) in [6.07, 6.45) is 1.49. The minimum Gasteiger partial charge on any atom is -0.388 e. The summed E-state index contributed by atoms with van der Waals surface area (Å²) in [5.41, 5.74) is 0.165. The lowest BCUT2D eigenvalue weighted by Gasteiger charge is -2.36. The van der Waals surface area contributed by atoms with Crippen molar-refractivity contribution in [2.24, 2.45) is 17.8 Å². The van der Waals surface area contributed by atoms with Gasteiger partial charge in [0, 0.05) is 57.8 Å². The molecule has 2 heterocycles. The van der Waals surface area contributed by atoms with Gasteiger partial charge >= 0.3 is 0 Å². The predicted octanol–water partition coefficient (Wildman–Crippen LogP) is 1.14. The molecule has 1 aromatic carbocycles. The van der Waals surface area contributed by atoms with Crippen molar-refractivity contribution < 1.29 is 14.6 Å². The van der Waals surface area contributed by atoms with Crippen molar-refractivity contribution in [1.82, 2.24) is 10.2 Å². The van der Waals surface area contributed by atoms with Crippen LogP contribution in [-0.4, -0.2) is 60.9 Å². The summed E-state index contributed by atoms with van der Waals surface area (Å²) < 4.78 is 5.35. The highest BCUT2D eigenvalue weighted by Gasteiger charge is 2.55. The van der Waals surface area contributed by atoms with Gasteiger partial charge in [0.1, 0.15) is 0 Å². The third kappa shape index (κ3) is 3.34. The van der Waals surface area contributed by atoms with Crippen LogP contribution < -0.4 is 5.32 Å². The number of piperidine rings is 1. The molecule has 4 rings (SSSR count). The molecule has 1 saturated carbocycles. The Hall–Kier alpha value is -1.43. The van der Waals surface area contributed by atoms with E-state index in [1.54, 1.807) is 0 Å². The molecule has 2 saturated heterocycles. The fourth-order valence-electron chi connectivity index (χ4n) is 4.40. The van der Waals surface area contributed by atoms with Crippen LogP contribution in [0.25, 0.3) is 0 Å². The van der Waals surface area contributed by atoms with Crippen LogP contribution in [-0.2, 0) is 4.74 Å². The number of rotatable bonds is 5. The molecule has 0 aromatic heterocycles. The van der Waals surface area contributed by atoms with Gasteiger partial charge in [-0.1, -0.05) is 18.2 Å². The molecule has 130 valence electrons. The SMILES string of the molecule is O=C(NCC1C2CN(CC3(O)CCOCC3)CC12)c1ccccc1. The average Bonchev–Trinajstić information content (AvgIpc) is 3.05. The zero-order valence-electron chi connectivity index (χ0n) is 14.0. The van der Waals surface area contributed by atoms with Gasteiger partial charge < -0.3 is 15.2 Å². The lowest BCUT2D eigenvalue weighted by Crippen LogP contribution is -2.47. The van der Waals surface area contributed by atoms with E-state index >= 15 is 0 Å². The zero-order chi connectivity index (χ0) is 16.6. The van der Waals surface area contributed by atoms with Crippen molar-refractivity contribution in [3.05, 3.63) is 35.9 Å². The van der Waals surface area contributed by atoms with E-state index in [1.807, 2.05) is 30.3 Å². The summed E-state index contributed by atoms with van der Waals surface area (Å²) in [5, 5.41) is 13.7. The van der Waals surface area contributed by atoms with Crippen LogP contribution in [0, 0.1) is 17.8 Å². The molecule has 5 heteroatoms. The molecule has 2 aliphatic heterocycles. The number of fused-ring (bicyclic) bond motifs is 1. The Bertz CT molecular complexity index is 574. The first kappa shape index (κ1) is 16.1. The number of benzene rings is 1. The number of β-amino-alcohol motifs (C(OH)–C–C–N with tert-alkyl or cyclic N) is 1. The number of hydrogen-bond donors (Lipinski definition) is 2. The van der Waals surface area contributed by atoms with Gasteiger partial charge in [-0.3, -0.25) is 9.69 Å². The molecule has 0 radical (unpaired) electrons. The van der Waals surface area contributed by atoms with Crippen molar-refractivity contribution in [3.63, 3.8) is 0 Å². The quantitative estimate of drug-likeness (QED) is 0.850. The Labute approximate surface area is 143 Å². The highest BCUT2D eigenvalue weighted by atomic mass is 16.5. The first-order chi connectivity index (χ1) is 11.6. The summed E-state index contributed by atoms with van der Waals surface area (Å²) >= 11 is 0. The molecule has 0 spiro atoms. The van der Waals surface area contributed by atoms with Crippen molar-refractivity contribution in [2.75, 3.05) is 39.4 Å². The minimum absolute atomic E-state index is 0.0222. The maximum absolute atomic E-state index is 12.1. The van der Waals surface area contributed by atoms with Crippen molar-refractivity contribution >= 4 is 5.91 Å². The highest BCUT2D eigenvalue weighted by molar-refractivity contribution is 5.94. The van der Waals surface area contributed by atoms with Gasteiger partial charge in [-0.15, -0.1) is 0 Å². The smallest absolute Gasteiger partial charge is 0.251 e. The Morgan fingerprint density at radius 2 is 1.88 bits per heavy atom. The predicted molar refractivity (Wildman–Crippen MR) is 90.7 cm³/mol. The standard InChI is InChI=1S/C19H26N2O3/c22-18(14-4-2-1-3-5-14)20-10-15-16-11-21(12-17(15)16)13-19(23)6-8-24-9-7-19/h1-5,15-17,23H,6-13H2,(H,20,22). The van der Waals surface area contributed by atoms with Gasteiger partial charge in [0.2, 0.25) is 0 Å². The molecule has 0 bridgehead atoms. The number of nitrogens with one attached hydrogen (secondary N) is 1. The van der Waals surface area contributed by atoms with Crippen LogP contribution in [0.1, 0.15) is 23.2 Å². The number of nitrogens with zero attached hydrogens (tertiary/aromatic N) is 1. The Kier molecular flexibility index (Phi) is 4.33. The molecule has 24 heavy (non-hydrogen) atoms. The normalized spacial score (nSPS) is 31.5. The molecule has 1 aromatic rings. The van der Waals surface area contributed by atoms with Gasteiger partial charge in [-0.05, 0) is 29.9 Å². The van der Waals surface area contributed by atoms with Crippen LogP contribution in [0.4, 0.5) is 0 Å². The third-order valence-corrected chi connectivity index (χ3v) is 5.92. The monoisotopic (exact) mass is 330 g/mol. The number of amides is 1. The van der Waals surface area contributed by atoms with Crippen LogP contribution in [0.5, 0.6) is 0 Å². The Morgan fingerprint density at radius 3 is 2.54 bits per heavy atom. The molecule has 1 amide bonds. The van der Waals surface area contributed by atoms with Gasteiger partial charge in [-0.25, -0.2) is 0 Å². The van der Waals surface area contributed by atoms with E-state index in [1.165, 1.54) is 0 Å². The molecule has 2 N–H and O–H groups in total. The van der Waals surface area contributed by atoms with E-state index in [9.17, 15) is 9.90 Å². The summed E-state index contributed by atoms with van der Waals surface area (Å²) in [6, 6.07) is 9.39. The molecular weight excluding hydrogens is 304 g/mol. The summed E-state index contributed by atoms with van der Waals surface area (Å²) in [7, 11) is 0. The number of hydrogen-bond acceptors (Lipinski definition) is 4. The van der Waals surface area contributed by atoms with Crippen molar-refractivity contribution in [3.8, 4) is 0 Å². The van der Waals surface area contributed by atoms with E-state index < -0.39 is 5.60 Å². The number of carbonyl (C=O) groups is 1. The van der Waals surface area contributed by atoms with Gasteiger partial charge in [0.15, 0.2) is 0 Å². The van der Waals surface area contributed by atoms with Gasteiger partial charge in [0.25, 0.3) is 5.91 Å². The van der Waals surface area contributed by atoms with Gasteiger partial charge in [-0.2, -0.15) is 0 Å². The Morgan fingerprint density at radius 1 is 1.21 bits per heavy atom. The summed E-state index contributed by atoms with van der Waals surface area (Å²) in [4.78, 5) is 14.5. The van der Waals surface area contributed by atoms with Crippen LogP contribution in [0.15, 0.2) is 30.3 Å². The first-order valence-electron chi connectivity index (χ1n) is 9.00.